The summed E-state index contributed by atoms with van der Waals surface area (Å²) in [5, 5.41) is 0. The molecular weight excluding hydrogens is 280 g/mol. The first-order chi connectivity index (χ1) is 10.6. The predicted molar refractivity (Wildman–Crippen MR) is 83.5 cm³/mol. The van der Waals surface area contributed by atoms with Crippen molar-refractivity contribution in [3.8, 4) is 0 Å². The molecule has 2 aliphatic rings. The summed E-state index contributed by atoms with van der Waals surface area (Å²) in [5.74, 6) is 0.501. The molecule has 0 spiro atoms. The fraction of sp³-hybridized carbons (Fsp3) is 0.588. The molecule has 2 heterocycles. The third-order valence-corrected chi connectivity index (χ3v) is 4.92. The van der Waals surface area contributed by atoms with E-state index >= 15 is 0 Å². The van der Waals surface area contributed by atoms with Gasteiger partial charge in [0.05, 0.1) is 13.1 Å². The Morgan fingerprint density at radius 2 is 2.05 bits per heavy atom. The maximum atomic E-state index is 12.1. The van der Waals surface area contributed by atoms with Gasteiger partial charge in [0.25, 0.3) is 0 Å². The highest BCUT2D eigenvalue weighted by atomic mass is 16.6. The number of carbonyl (C=O) groups is 1. The van der Waals surface area contributed by atoms with Crippen LogP contribution >= 0.6 is 0 Å². The van der Waals surface area contributed by atoms with Gasteiger partial charge in [0.1, 0.15) is 12.2 Å². The van der Waals surface area contributed by atoms with Gasteiger partial charge in [0.2, 0.25) is 0 Å². The molecule has 2 fully saturated rings. The van der Waals surface area contributed by atoms with Crippen molar-refractivity contribution < 1.29 is 14.3 Å². The van der Waals surface area contributed by atoms with Crippen molar-refractivity contribution in [2.24, 2.45) is 5.92 Å². The third-order valence-electron chi connectivity index (χ3n) is 4.92. The molecule has 0 aliphatic carbocycles. The summed E-state index contributed by atoms with van der Waals surface area (Å²) in [4.78, 5) is 16.2. The molecule has 0 N–H and O–H groups in total. The topological polar surface area (TPSA) is 42.0 Å². The Morgan fingerprint density at radius 3 is 2.64 bits per heavy atom. The summed E-state index contributed by atoms with van der Waals surface area (Å²) < 4.78 is 11.1. The van der Waals surface area contributed by atoms with Crippen LogP contribution in [0.15, 0.2) is 30.3 Å². The number of benzene rings is 1. The van der Waals surface area contributed by atoms with Crippen molar-refractivity contribution in [3.63, 3.8) is 0 Å². The maximum absolute atomic E-state index is 12.1. The molecule has 1 aromatic carbocycles. The number of hydrogen-bond donors (Lipinski definition) is 0. The standard InChI is InChI=1S/C17H24N2O3/c1-18-9-8-15(10-18)17(21-2)12-19(13-17)16(20)22-11-14-6-4-3-5-7-14/h3-7,15H,8-13H2,1-2H3. The van der Waals surface area contributed by atoms with Crippen LogP contribution in [-0.4, -0.2) is 61.8 Å². The van der Waals surface area contributed by atoms with Crippen LogP contribution in [0.25, 0.3) is 0 Å². The zero-order valence-electron chi connectivity index (χ0n) is 13.3. The first kappa shape index (κ1) is 15.3. The van der Waals surface area contributed by atoms with Crippen LogP contribution in [0.5, 0.6) is 0 Å². The van der Waals surface area contributed by atoms with Gasteiger partial charge in [-0.3, -0.25) is 0 Å². The molecule has 2 aliphatic heterocycles. The molecule has 1 amide bonds. The lowest BCUT2D eigenvalue weighted by atomic mass is 9.80. The number of methoxy groups -OCH3 is 1. The molecular formula is C17H24N2O3. The van der Waals surface area contributed by atoms with Crippen molar-refractivity contribution in [1.29, 1.82) is 0 Å². The molecule has 3 rings (SSSR count). The third kappa shape index (κ3) is 2.96. The van der Waals surface area contributed by atoms with Gasteiger partial charge < -0.3 is 19.3 Å². The zero-order valence-corrected chi connectivity index (χ0v) is 13.3. The Morgan fingerprint density at radius 1 is 1.32 bits per heavy atom. The first-order valence-corrected chi connectivity index (χ1v) is 7.82. The van der Waals surface area contributed by atoms with E-state index in [9.17, 15) is 4.79 Å². The average molecular weight is 304 g/mol. The quantitative estimate of drug-likeness (QED) is 0.853. The lowest BCUT2D eigenvalue weighted by Crippen LogP contribution is -2.68. The van der Waals surface area contributed by atoms with E-state index in [4.69, 9.17) is 9.47 Å². The average Bonchev–Trinajstić information content (AvgIpc) is 2.92. The Labute approximate surface area is 131 Å². The number of ether oxygens (including phenoxy) is 2. The van der Waals surface area contributed by atoms with E-state index in [1.807, 2.05) is 30.3 Å². The fourth-order valence-corrected chi connectivity index (χ4v) is 3.46. The van der Waals surface area contributed by atoms with Gasteiger partial charge in [0.15, 0.2) is 0 Å². The van der Waals surface area contributed by atoms with Crippen molar-refractivity contribution in [1.82, 2.24) is 9.80 Å². The lowest BCUT2D eigenvalue weighted by Gasteiger charge is -2.51. The molecule has 1 aromatic rings. The van der Waals surface area contributed by atoms with Gasteiger partial charge in [-0.15, -0.1) is 0 Å². The Balaban J connectivity index is 1.50. The second-order valence-corrected chi connectivity index (χ2v) is 6.41. The van der Waals surface area contributed by atoms with Gasteiger partial charge in [-0.2, -0.15) is 0 Å². The molecule has 0 bridgehead atoms. The molecule has 2 saturated heterocycles. The minimum atomic E-state index is -0.247. The molecule has 5 nitrogen and oxygen atoms in total. The second kappa shape index (κ2) is 6.26. The molecule has 5 heteroatoms. The Hall–Kier alpha value is -1.59. The van der Waals surface area contributed by atoms with E-state index in [2.05, 4.69) is 11.9 Å². The van der Waals surface area contributed by atoms with Crippen molar-refractivity contribution in [3.05, 3.63) is 35.9 Å². The van der Waals surface area contributed by atoms with Crippen LogP contribution in [0.4, 0.5) is 4.79 Å². The molecule has 1 atom stereocenters. The van der Waals surface area contributed by atoms with Gasteiger partial charge in [-0.25, -0.2) is 4.79 Å². The molecule has 0 aromatic heterocycles. The summed E-state index contributed by atoms with van der Waals surface area (Å²) in [6.45, 7) is 3.74. The normalized spacial score (nSPS) is 24.1. The van der Waals surface area contributed by atoms with Crippen LogP contribution in [-0.2, 0) is 16.1 Å². The van der Waals surface area contributed by atoms with Crippen LogP contribution in [0, 0.1) is 5.92 Å². The zero-order chi connectivity index (χ0) is 15.6. The van der Waals surface area contributed by atoms with Crippen LogP contribution in [0.2, 0.25) is 0 Å². The monoisotopic (exact) mass is 304 g/mol. The minimum absolute atomic E-state index is 0.184. The van der Waals surface area contributed by atoms with Crippen LogP contribution in [0.3, 0.4) is 0 Å². The molecule has 0 saturated carbocycles. The smallest absolute Gasteiger partial charge is 0.410 e. The van der Waals surface area contributed by atoms with E-state index in [-0.39, 0.29) is 11.7 Å². The Bertz CT molecular complexity index is 514. The number of carbonyl (C=O) groups excluding carboxylic acids is 1. The van der Waals surface area contributed by atoms with E-state index in [1.54, 1.807) is 12.0 Å². The summed E-state index contributed by atoms with van der Waals surface area (Å²) >= 11 is 0. The summed E-state index contributed by atoms with van der Waals surface area (Å²) in [7, 11) is 3.89. The molecule has 22 heavy (non-hydrogen) atoms. The van der Waals surface area contributed by atoms with Gasteiger partial charge in [-0.1, -0.05) is 30.3 Å². The van der Waals surface area contributed by atoms with Crippen LogP contribution < -0.4 is 0 Å². The molecule has 1 unspecified atom stereocenters. The van der Waals surface area contributed by atoms with E-state index < -0.39 is 0 Å². The minimum Gasteiger partial charge on any atom is -0.445 e. The van der Waals surface area contributed by atoms with Gasteiger partial charge >= 0.3 is 6.09 Å². The fourth-order valence-electron chi connectivity index (χ4n) is 3.46. The molecule has 0 radical (unpaired) electrons. The van der Waals surface area contributed by atoms with Crippen molar-refractivity contribution in [2.45, 2.75) is 18.6 Å². The Kier molecular flexibility index (Phi) is 4.36. The number of hydrogen-bond acceptors (Lipinski definition) is 4. The summed E-state index contributed by atoms with van der Waals surface area (Å²) in [5.41, 5.74) is 0.822. The molecule has 120 valence electrons. The summed E-state index contributed by atoms with van der Waals surface area (Å²) in [6.07, 6.45) is 0.889. The number of rotatable bonds is 4. The SMILES string of the molecule is COC1(C2CCN(C)C2)CN(C(=O)OCc2ccccc2)C1. The van der Waals surface area contributed by atoms with Gasteiger partial charge in [0, 0.05) is 19.6 Å². The van der Waals surface area contributed by atoms with E-state index in [0.29, 0.717) is 25.6 Å². The van der Waals surface area contributed by atoms with Crippen molar-refractivity contribution in [2.75, 3.05) is 40.3 Å². The predicted octanol–water partition coefficient (Wildman–Crippen LogP) is 1.98. The maximum Gasteiger partial charge on any atom is 0.410 e. The highest BCUT2D eigenvalue weighted by Gasteiger charge is 2.52. The van der Waals surface area contributed by atoms with Crippen LogP contribution in [0.1, 0.15) is 12.0 Å². The highest BCUT2D eigenvalue weighted by molar-refractivity contribution is 5.69. The van der Waals surface area contributed by atoms with Gasteiger partial charge in [-0.05, 0) is 25.6 Å². The largest absolute Gasteiger partial charge is 0.445 e. The number of likely N-dealkylation sites (tertiary alicyclic amines) is 2. The first-order valence-electron chi connectivity index (χ1n) is 7.82. The lowest BCUT2D eigenvalue weighted by molar-refractivity contribution is -0.146. The second-order valence-electron chi connectivity index (χ2n) is 6.41. The van der Waals surface area contributed by atoms with E-state index in [1.165, 1.54) is 0 Å². The highest BCUT2D eigenvalue weighted by Crippen LogP contribution is 2.37. The summed E-state index contributed by atoms with van der Waals surface area (Å²) in [6, 6.07) is 9.75. The van der Waals surface area contributed by atoms with E-state index in [0.717, 1.165) is 25.1 Å². The number of amides is 1. The van der Waals surface area contributed by atoms with Crippen molar-refractivity contribution >= 4 is 6.09 Å². The number of nitrogens with zero attached hydrogens (tertiary/aromatic N) is 2.